The molecule has 0 aromatic carbocycles. The number of carbonyl (C=O) groups excluding carboxylic acids is 3. The Morgan fingerprint density at radius 2 is 1.92 bits per heavy atom. The van der Waals surface area contributed by atoms with Crippen molar-refractivity contribution in [3.63, 3.8) is 0 Å². The highest BCUT2D eigenvalue weighted by molar-refractivity contribution is 6.08. The van der Waals surface area contributed by atoms with Crippen molar-refractivity contribution in [3.05, 3.63) is 23.0 Å². The van der Waals surface area contributed by atoms with Gasteiger partial charge in [0.15, 0.2) is 5.78 Å². The van der Waals surface area contributed by atoms with E-state index in [1.54, 1.807) is 4.90 Å². The highest BCUT2D eigenvalue weighted by Gasteiger charge is 2.44. The summed E-state index contributed by atoms with van der Waals surface area (Å²) in [4.78, 5) is 39.9. The normalized spacial score (nSPS) is 18.0. The minimum Gasteiger partial charge on any atom is -0.348 e. The maximum atomic E-state index is 12.7. The van der Waals surface area contributed by atoms with Crippen LogP contribution in [0.25, 0.3) is 0 Å². The molecule has 2 fully saturated rings. The maximum Gasteiger partial charge on any atom is 0.327 e. The molecule has 1 aromatic heterocycles. The van der Waals surface area contributed by atoms with Gasteiger partial charge in [-0.2, -0.15) is 0 Å². The monoisotopic (exact) mass is 345 g/mol. The smallest absolute Gasteiger partial charge is 0.327 e. The molecule has 1 saturated heterocycles. The highest BCUT2D eigenvalue weighted by Crippen LogP contribution is 2.30. The van der Waals surface area contributed by atoms with Crippen LogP contribution in [0.15, 0.2) is 6.07 Å². The summed E-state index contributed by atoms with van der Waals surface area (Å²) in [7, 11) is 0. The molecule has 0 N–H and O–H groups in total. The summed E-state index contributed by atoms with van der Waals surface area (Å²) in [6, 6.07) is 1.76. The van der Waals surface area contributed by atoms with E-state index in [0.29, 0.717) is 11.5 Å². The number of urea groups is 1. The van der Waals surface area contributed by atoms with Gasteiger partial charge in [-0.25, -0.2) is 4.79 Å². The minimum atomic E-state index is -0.311. The van der Waals surface area contributed by atoms with Crippen LogP contribution in [0, 0.1) is 19.8 Å². The lowest BCUT2D eigenvalue weighted by Crippen LogP contribution is -2.37. The van der Waals surface area contributed by atoms with Crippen LogP contribution in [-0.4, -0.2) is 51.2 Å². The van der Waals surface area contributed by atoms with E-state index in [1.807, 2.05) is 19.9 Å². The molecular formula is C19H27N3O3. The number of aromatic nitrogens is 1. The molecular weight excluding hydrogens is 318 g/mol. The van der Waals surface area contributed by atoms with Gasteiger partial charge in [-0.05, 0) is 45.1 Å². The van der Waals surface area contributed by atoms with Crippen LogP contribution in [0.5, 0.6) is 0 Å². The number of nitrogens with zero attached hydrogens (tertiary/aromatic N) is 3. The fourth-order valence-corrected chi connectivity index (χ4v) is 3.43. The summed E-state index contributed by atoms with van der Waals surface area (Å²) in [5.41, 5.74) is 2.58. The van der Waals surface area contributed by atoms with Gasteiger partial charge in [-0.15, -0.1) is 0 Å². The summed E-state index contributed by atoms with van der Waals surface area (Å²) in [6.07, 6.45) is 2.96. The van der Waals surface area contributed by atoms with Gasteiger partial charge in [-0.1, -0.05) is 13.8 Å². The molecule has 3 rings (SSSR count). The molecule has 2 heterocycles. The zero-order valence-electron chi connectivity index (χ0n) is 15.5. The summed E-state index contributed by atoms with van der Waals surface area (Å²) in [5.74, 6) is 0.163. The van der Waals surface area contributed by atoms with E-state index in [4.69, 9.17) is 0 Å². The van der Waals surface area contributed by atoms with E-state index in [2.05, 4.69) is 18.4 Å². The summed E-state index contributed by atoms with van der Waals surface area (Å²) in [6.45, 7) is 9.11. The van der Waals surface area contributed by atoms with Gasteiger partial charge in [0, 0.05) is 29.5 Å². The van der Waals surface area contributed by atoms with Crippen LogP contribution in [0.2, 0.25) is 0 Å². The second kappa shape index (κ2) is 6.65. The summed E-state index contributed by atoms with van der Waals surface area (Å²) in [5, 5.41) is 0. The predicted octanol–water partition coefficient (Wildman–Crippen LogP) is 2.76. The second-order valence-electron chi connectivity index (χ2n) is 7.66. The number of aryl methyl sites for hydroxylation is 1. The van der Waals surface area contributed by atoms with E-state index in [0.717, 1.165) is 42.1 Å². The Balaban J connectivity index is 1.72. The Kier molecular flexibility index (Phi) is 4.71. The Bertz CT molecular complexity index is 716. The molecule has 1 aromatic rings. The first kappa shape index (κ1) is 17.7. The van der Waals surface area contributed by atoms with Gasteiger partial charge < -0.3 is 9.47 Å². The van der Waals surface area contributed by atoms with E-state index in [9.17, 15) is 14.4 Å². The van der Waals surface area contributed by atoms with E-state index >= 15 is 0 Å². The van der Waals surface area contributed by atoms with E-state index in [-0.39, 0.29) is 36.9 Å². The topological polar surface area (TPSA) is 62.6 Å². The van der Waals surface area contributed by atoms with E-state index in [1.165, 1.54) is 0 Å². The van der Waals surface area contributed by atoms with Crippen molar-refractivity contribution < 1.29 is 14.4 Å². The molecule has 1 saturated carbocycles. The molecule has 6 nitrogen and oxygen atoms in total. The van der Waals surface area contributed by atoms with Gasteiger partial charge in [0.05, 0.1) is 6.54 Å². The molecule has 0 unspecified atom stereocenters. The Morgan fingerprint density at radius 1 is 1.24 bits per heavy atom. The summed E-state index contributed by atoms with van der Waals surface area (Å²) >= 11 is 0. The average Bonchev–Trinajstić information content (AvgIpc) is 3.29. The molecule has 0 spiro atoms. The zero-order valence-corrected chi connectivity index (χ0v) is 15.5. The number of amides is 3. The van der Waals surface area contributed by atoms with E-state index < -0.39 is 0 Å². The number of ketones is 1. The highest BCUT2D eigenvalue weighted by atomic mass is 16.2. The van der Waals surface area contributed by atoms with Crippen LogP contribution in [0.1, 0.15) is 54.9 Å². The lowest BCUT2D eigenvalue weighted by molar-refractivity contribution is -0.125. The molecule has 136 valence electrons. The molecule has 0 bridgehead atoms. The number of rotatable bonds is 7. The van der Waals surface area contributed by atoms with Crippen molar-refractivity contribution in [1.29, 1.82) is 0 Å². The first-order chi connectivity index (χ1) is 11.8. The Labute approximate surface area is 148 Å². The fraction of sp³-hybridized carbons (Fsp3) is 0.632. The van der Waals surface area contributed by atoms with Gasteiger partial charge in [0.25, 0.3) is 5.91 Å². The number of hydrogen-bond donors (Lipinski definition) is 0. The van der Waals surface area contributed by atoms with Gasteiger partial charge in [0.2, 0.25) is 0 Å². The molecule has 3 amide bonds. The third kappa shape index (κ3) is 3.48. The van der Waals surface area contributed by atoms with Crippen LogP contribution >= 0.6 is 0 Å². The van der Waals surface area contributed by atoms with Crippen LogP contribution in [0.3, 0.4) is 0 Å². The standard InChI is InChI=1S/C19H27N3O3/c1-12(2)7-8-20-13(3)9-16(14(20)4)17(23)10-22-18(24)11-21(19(22)25)15-5-6-15/h9,12,15H,5-8,10-11H2,1-4H3. The number of carbonyl (C=O) groups is 3. The van der Waals surface area contributed by atoms with Crippen molar-refractivity contribution in [2.45, 2.75) is 59.5 Å². The Hall–Kier alpha value is -2.11. The third-order valence-corrected chi connectivity index (χ3v) is 5.18. The number of Topliss-reactive ketones (excluding diaryl/α,β-unsaturated/α-hetero) is 1. The van der Waals surface area contributed by atoms with Crippen LogP contribution < -0.4 is 0 Å². The molecule has 0 atom stereocenters. The largest absolute Gasteiger partial charge is 0.348 e. The van der Waals surface area contributed by atoms with Crippen molar-refractivity contribution in [3.8, 4) is 0 Å². The molecule has 1 aliphatic heterocycles. The van der Waals surface area contributed by atoms with Crippen molar-refractivity contribution in [2.24, 2.45) is 5.92 Å². The number of imide groups is 1. The zero-order chi connectivity index (χ0) is 18.3. The molecule has 25 heavy (non-hydrogen) atoms. The molecule has 6 heteroatoms. The summed E-state index contributed by atoms with van der Waals surface area (Å²) < 4.78 is 2.15. The first-order valence-corrected chi connectivity index (χ1v) is 9.10. The average molecular weight is 345 g/mol. The second-order valence-corrected chi connectivity index (χ2v) is 7.66. The SMILES string of the molecule is Cc1cc(C(=O)CN2C(=O)CN(C3CC3)C2=O)c(C)n1CCC(C)C. The van der Waals surface area contributed by atoms with Crippen molar-refractivity contribution >= 4 is 17.7 Å². The third-order valence-electron chi connectivity index (χ3n) is 5.18. The first-order valence-electron chi connectivity index (χ1n) is 9.10. The van der Waals surface area contributed by atoms with Crippen LogP contribution in [0.4, 0.5) is 4.79 Å². The van der Waals surface area contributed by atoms with Crippen molar-refractivity contribution in [1.82, 2.24) is 14.4 Å². The molecule has 0 radical (unpaired) electrons. The predicted molar refractivity (Wildman–Crippen MR) is 94.5 cm³/mol. The Morgan fingerprint density at radius 3 is 2.52 bits per heavy atom. The van der Waals surface area contributed by atoms with Crippen LogP contribution in [-0.2, 0) is 11.3 Å². The van der Waals surface area contributed by atoms with Gasteiger partial charge in [-0.3, -0.25) is 14.5 Å². The minimum absolute atomic E-state index is 0.115. The van der Waals surface area contributed by atoms with Gasteiger partial charge >= 0.3 is 6.03 Å². The molecule has 2 aliphatic rings. The van der Waals surface area contributed by atoms with Crippen molar-refractivity contribution in [2.75, 3.05) is 13.1 Å². The quantitative estimate of drug-likeness (QED) is 0.564. The lowest BCUT2D eigenvalue weighted by atomic mass is 10.1. The number of hydrogen-bond acceptors (Lipinski definition) is 3. The lowest BCUT2D eigenvalue weighted by Gasteiger charge is -2.16. The van der Waals surface area contributed by atoms with Gasteiger partial charge in [0.1, 0.15) is 6.54 Å². The molecule has 1 aliphatic carbocycles. The maximum absolute atomic E-state index is 12.7. The fourth-order valence-electron chi connectivity index (χ4n) is 3.43.